The number of nitrogens with zero attached hydrogens (tertiary/aromatic N) is 3. The maximum Gasteiger partial charge on any atom is 0.117 e. The molecule has 2 aliphatic rings. The summed E-state index contributed by atoms with van der Waals surface area (Å²) in [6.45, 7) is 6.54. The first-order chi connectivity index (χ1) is 12.1. The number of aliphatic hydroxyl groups excluding tert-OH is 1. The Kier molecular flexibility index (Phi) is 5.60. The molecule has 0 radical (unpaired) electrons. The van der Waals surface area contributed by atoms with Gasteiger partial charge < -0.3 is 10.0 Å². The number of aliphatic imine (C=N–C) groups is 2. The lowest BCUT2D eigenvalue weighted by Gasteiger charge is -2.34. The van der Waals surface area contributed by atoms with Crippen molar-refractivity contribution in [1.82, 2.24) is 0 Å². The molecule has 0 fully saturated rings. The highest BCUT2D eigenvalue weighted by molar-refractivity contribution is 6.30. The van der Waals surface area contributed by atoms with Gasteiger partial charge in [0.1, 0.15) is 5.84 Å². The van der Waals surface area contributed by atoms with Crippen molar-refractivity contribution in [3.05, 3.63) is 40.6 Å². The quantitative estimate of drug-likeness (QED) is 0.765. The molecule has 0 saturated carbocycles. The minimum absolute atomic E-state index is 0.0378. The van der Waals surface area contributed by atoms with Crippen LogP contribution in [0.1, 0.15) is 50.2 Å². The van der Waals surface area contributed by atoms with E-state index in [4.69, 9.17) is 11.6 Å². The Hall–Kier alpha value is -1.65. The lowest BCUT2D eigenvalue weighted by atomic mass is 9.94. The summed E-state index contributed by atoms with van der Waals surface area (Å²) < 4.78 is 0. The van der Waals surface area contributed by atoms with Crippen LogP contribution in [0.3, 0.4) is 0 Å². The lowest BCUT2D eigenvalue weighted by molar-refractivity contribution is 0.149. The van der Waals surface area contributed by atoms with Crippen molar-refractivity contribution >= 4 is 29.3 Å². The van der Waals surface area contributed by atoms with Crippen LogP contribution >= 0.6 is 11.6 Å². The van der Waals surface area contributed by atoms with Crippen LogP contribution in [0.5, 0.6) is 0 Å². The molecule has 1 N–H and O–H groups in total. The molecule has 0 aromatic heterocycles. The highest BCUT2D eigenvalue weighted by atomic mass is 35.5. The number of halogens is 1. The van der Waals surface area contributed by atoms with Crippen molar-refractivity contribution in [3.8, 4) is 0 Å². The number of aliphatic hydroxyl groups is 1. The normalized spacial score (nSPS) is 21.6. The number of rotatable bonds is 6. The third kappa shape index (κ3) is 3.51. The van der Waals surface area contributed by atoms with Crippen LogP contribution in [0.15, 0.2) is 39.4 Å². The van der Waals surface area contributed by atoms with Crippen molar-refractivity contribution in [2.45, 2.75) is 58.1 Å². The topological polar surface area (TPSA) is 48.2 Å². The van der Waals surface area contributed by atoms with E-state index in [-0.39, 0.29) is 12.0 Å². The average Bonchev–Trinajstić information content (AvgIpc) is 2.90. The fourth-order valence-electron chi connectivity index (χ4n) is 3.81. The van der Waals surface area contributed by atoms with E-state index in [1.807, 2.05) is 6.92 Å². The van der Waals surface area contributed by atoms with Gasteiger partial charge in [-0.1, -0.05) is 42.6 Å². The Morgan fingerprint density at radius 1 is 1.48 bits per heavy atom. The zero-order valence-electron chi connectivity index (χ0n) is 15.1. The van der Waals surface area contributed by atoms with Gasteiger partial charge in [-0.25, -0.2) is 4.99 Å². The van der Waals surface area contributed by atoms with Crippen molar-refractivity contribution < 1.29 is 5.11 Å². The molecule has 2 aliphatic heterocycles. The van der Waals surface area contributed by atoms with Gasteiger partial charge in [-0.2, -0.15) is 0 Å². The second-order valence-corrected chi connectivity index (χ2v) is 7.28. The number of hydrogen-bond acceptors (Lipinski definition) is 4. The molecule has 2 heterocycles. The van der Waals surface area contributed by atoms with Gasteiger partial charge in [0.25, 0.3) is 0 Å². The van der Waals surface area contributed by atoms with E-state index in [0.717, 1.165) is 35.8 Å². The fraction of sp³-hybridized carbons (Fsp3) is 0.500. The number of amidine groups is 1. The number of benzene rings is 1. The number of allylic oxidation sites excluding steroid dienone is 1. The Balaban J connectivity index is 2.05. The number of hydrogen-bond donors (Lipinski definition) is 1. The SMILES string of the molecule is CC=NC[C@@H](O)[C@@H](CCC)N1C2=NC=C(Cl)CC2c2cc(C)ccc21. The summed E-state index contributed by atoms with van der Waals surface area (Å²) in [4.78, 5) is 11.2. The predicted octanol–water partition coefficient (Wildman–Crippen LogP) is 4.40. The Labute approximate surface area is 154 Å². The molecule has 0 aliphatic carbocycles. The molecule has 1 unspecified atom stereocenters. The van der Waals surface area contributed by atoms with Crippen molar-refractivity contribution in [1.29, 1.82) is 0 Å². The van der Waals surface area contributed by atoms with Crippen molar-refractivity contribution in [3.63, 3.8) is 0 Å². The summed E-state index contributed by atoms with van der Waals surface area (Å²) in [6.07, 6.45) is 5.61. The molecular weight excluding hydrogens is 334 g/mol. The maximum absolute atomic E-state index is 10.8. The van der Waals surface area contributed by atoms with E-state index < -0.39 is 6.10 Å². The van der Waals surface area contributed by atoms with E-state index in [1.165, 1.54) is 11.1 Å². The molecule has 134 valence electrons. The Morgan fingerprint density at radius 3 is 3.00 bits per heavy atom. The van der Waals surface area contributed by atoms with Crippen LogP contribution in [-0.4, -0.2) is 35.8 Å². The molecule has 25 heavy (non-hydrogen) atoms. The second kappa shape index (κ2) is 7.71. The van der Waals surface area contributed by atoms with Crippen LogP contribution in [-0.2, 0) is 0 Å². The molecule has 3 atom stereocenters. The second-order valence-electron chi connectivity index (χ2n) is 6.80. The number of anilines is 1. The predicted molar refractivity (Wildman–Crippen MR) is 106 cm³/mol. The molecule has 3 rings (SSSR count). The van der Waals surface area contributed by atoms with Crippen LogP contribution < -0.4 is 4.90 Å². The summed E-state index contributed by atoms with van der Waals surface area (Å²) >= 11 is 6.28. The summed E-state index contributed by atoms with van der Waals surface area (Å²) in [5.41, 5.74) is 3.64. The van der Waals surface area contributed by atoms with Gasteiger partial charge in [0.2, 0.25) is 0 Å². The highest BCUT2D eigenvalue weighted by Gasteiger charge is 2.41. The Bertz CT molecular complexity index is 726. The van der Waals surface area contributed by atoms with E-state index in [9.17, 15) is 5.11 Å². The molecule has 1 aromatic rings. The van der Waals surface area contributed by atoms with E-state index in [1.54, 1.807) is 12.4 Å². The highest BCUT2D eigenvalue weighted by Crippen LogP contribution is 2.45. The lowest BCUT2D eigenvalue weighted by Crippen LogP contribution is -2.47. The smallest absolute Gasteiger partial charge is 0.117 e. The van der Waals surface area contributed by atoms with Gasteiger partial charge in [-0.05, 0) is 44.5 Å². The van der Waals surface area contributed by atoms with Gasteiger partial charge in [0.15, 0.2) is 0 Å². The molecule has 4 nitrogen and oxygen atoms in total. The molecule has 0 amide bonds. The van der Waals surface area contributed by atoms with Crippen LogP contribution in [0.2, 0.25) is 0 Å². The zero-order chi connectivity index (χ0) is 18.0. The van der Waals surface area contributed by atoms with E-state index >= 15 is 0 Å². The van der Waals surface area contributed by atoms with Crippen molar-refractivity contribution in [2.75, 3.05) is 11.4 Å². The molecular formula is C20H26ClN3O. The minimum Gasteiger partial charge on any atom is -0.389 e. The number of aryl methyl sites for hydroxylation is 1. The standard InChI is InChI=1S/C20H26ClN3O/c1-4-6-18(19(25)12-22-5-2)24-17-8-7-13(3)9-15(17)16-10-14(21)11-23-20(16)24/h5,7-9,11,16,18-19,25H,4,6,10,12H2,1-3H3/t16?,18-,19-/m1/s1. The largest absolute Gasteiger partial charge is 0.389 e. The van der Waals surface area contributed by atoms with Crippen LogP contribution in [0.4, 0.5) is 5.69 Å². The van der Waals surface area contributed by atoms with Gasteiger partial charge in [-0.15, -0.1) is 0 Å². The first kappa shape index (κ1) is 18.2. The van der Waals surface area contributed by atoms with Gasteiger partial charge in [0.05, 0.1) is 18.7 Å². The summed E-state index contributed by atoms with van der Waals surface area (Å²) in [7, 11) is 0. The number of fused-ring (bicyclic) bond motifs is 3. The first-order valence-corrected chi connectivity index (χ1v) is 9.39. The molecule has 5 heteroatoms. The maximum atomic E-state index is 10.8. The van der Waals surface area contributed by atoms with Gasteiger partial charge in [0, 0.05) is 22.8 Å². The monoisotopic (exact) mass is 359 g/mol. The summed E-state index contributed by atoms with van der Waals surface area (Å²) in [5.74, 6) is 1.18. The van der Waals surface area contributed by atoms with Gasteiger partial charge >= 0.3 is 0 Å². The molecule has 0 saturated heterocycles. The van der Waals surface area contributed by atoms with Gasteiger partial charge in [-0.3, -0.25) is 4.99 Å². The molecule has 0 spiro atoms. The summed E-state index contributed by atoms with van der Waals surface area (Å²) in [5, 5.41) is 11.6. The average molecular weight is 360 g/mol. The Morgan fingerprint density at radius 2 is 2.28 bits per heavy atom. The fourth-order valence-corrected chi connectivity index (χ4v) is 4.02. The van der Waals surface area contributed by atoms with E-state index in [2.05, 4.69) is 46.9 Å². The molecule has 0 bridgehead atoms. The van der Waals surface area contributed by atoms with Crippen LogP contribution in [0, 0.1) is 6.92 Å². The third-order valence-electron chi connectivity index (χ3n) is 4.95. The minimum atomic E-state index is -0.534. The zero-order valence-corrected chi connectivity index (χ0v) is 15.9. The van der Waals surface area contributed by atoms with E-state index in [0.29, 0.717) is 6.54 Å². The summed E-state index contributed by atoms with van der Waals surface area (Å²) in [6, 6.07) is 6.46. The third-order valence-corrected chi connectivity index (χ3v) is 5.20. The molecule has 1 aromatic carbocycles. The first-order valence-electron chi connectivity index (χ1n) is 9.01. The van der Waals surface area contributed by atoms with Crippen LogP contribution in [0.25, 0.3) is 0 Å². The van der Waals surface area contributed by atoms with Crippen molar-refractivity contribution in [2.24, 2.45) is 9.98 Å².